The number of fused-ring (bicyclic) bond motifs is 1. The molecule has 0 aromatic heterocycles. The summed E-state index contributed by atoms with van der Waals surface area (Å²) in [6.07, 6.45) is -3.22. The summed E-state index contributed by atoms with van der Waals surface area (Å²) in [6, 6.07) is 15.7. The second kappa shape index (κ2) is 14.5. The number of carbonyl (C=O) groups is 2. The maximum Gasteiger partial charge on any atom is 0.407 e. The topological polar surface area (TPSA) is 117 Å². The van der Waals surface area contributed by atoms with Crippen LogP contribution in [0.4, 0.5) is 13.6 Å². The Morgan fingerprint density at radius 3 is 2.39 bits per heavy atom. The van der Waals surface area contributed by atoms with E-state index >= 15 is 0 Å². The maximum absolute atomic E-state index is 14.8. The summed E-state index contributed by atoms with van der Waals surface area (Å²) in [5.41, 5.74) is 0.544. The van der Waals surface area contributed by atoms with Crippen LogP contribution in [0.3, 0.4) is 0 Å². The minimum Gasteiger partial charge on any atom is -0.487 e. The Kier molecular flexibility index (Phi) is 11.0. The molecule has 1 aliphatic heterocycles. The van der Waals surface area contributed by atoms with Crippen molar-refractivity contribution in [3.05, 3.63) is 99.5 Å². The van der Waals surface area contributed by atoms with E-state index in [1.165, 1.54) is 24.3 Å². The Hall–Kier alpha value is -3.54. The fourth-order valence-electron chi connectivity index (χ4n) is 5.12. The molecular weight excluding hydrogens is 638 g/mol. The standard InChI is InChI=1S/C33H37BrF2N2O6/c1-33(2,3)44-32(42)37-26(15-19-11-13-22(34)14-12-19)27(39)17-21(16-20-7-4-5-9-24(20)35)31(41)38-29-23-8-6-10-25(36)30(23)43-18-28(29)40/h4-14,21,26-29,39-40H,15-18H2,1-3H3,(H,37,42)(H,38,41)/t21-,26+,27+,28-,29+/m1/s1. The van der Waals surface area contributed by atoms with Crippen LogP contribution < -0.4 is 15.4 Å². The summed E-state index contributed by atoms with van der Waals surface area (Å²) < 4.78 is 40.8. The molecule has 0 aliphatic carbocycles. The van der Waals surface area contributed by atoms with Crippen molar-refractivity contribution in [2.45, 2.75) is 69.9 Å². The summed E-state index contributed by atoms with van der Waals surface area (Å²) in [7, 11) is 0. The van der Waals surface area contributed by atoms with Crippen molar-refractivity contribution < 1.29 is 38.1 Å². The summed E-state index contributed by atoms with van der Waals surface area (Å²) in [5, 5.41) is 27.7. The zero-order valence-electron chi connectivity index (χ0n) is 24.7. The molecule has 3 aromatic carbocycles. The summed E-state index contributed by atoms with van der Waals surface area (Å²) in [4.78, 5) is 26.6. The Morgan fingerprint density at radius 1 is 1.02 bits per heavy atom. The van der Waals surface area contributed by atoms with E-state index in [0.29, 0.717) is 0 Å². The molecule has 0 bridgehead atoms. The molecule has 5 atom stereocenters. The van der Waals surface area contributed by atoms with Gasteiger partial charge in [-0.2, -0.15) is 0 Å². The van der Waals surface area contributed by atoms with Gasteiger partial charge in [-0.05, 0) is 75.4 Å². The molecule has 3 aromatic rings. The molecular formula is C33H37BrF2N2O6. The van der Waals surface area contributed by atoms with Gasteiger partial charge in [0.15, 0.2) is 11.6 Å². The average molecular weight is 676 g/mol. The normalized spacial score (nSPS) is 18.3. The Labute approximate surface area is 263 Å². The van der Waals surface area contributed by atoms with Gasteiger partial charge in [-0.1, -0.05) is 58.4 Å². The summed E-state index contributed by atoms with van der Waals surface area (Å²) >= 11 is 3.40. The summed E-state index contributed by atoms with van der Waals surface area (Å²) in [6.45, 7) is 4.91. The van der Waals surface area contributed by atoms with Crippen LogP contribution in [-0.2, 0) is 22.4 Å². The first-order valence-corrected chi connectivity index (χ1v) is 15.1. The molecule has 0 saturated heterocycles. The first-order valence-electron chi connectivity index (χ1n) is 14.4. The molecule has 236 valence electrons. The number of rotatable bonds is 10. The Bertz CT molecular complexity index is 1450. The minimum absolute atomic E-state index is 0.0649. The van der Waals surface area contributed by atoms with Gasteiger partial charge in [0.1, 0.15) is 24.1 Å². The second-order valence-electron chi connectivity index (χ2n) is 11.9. The van der Waals surface area contributed by atoms with Crippen molar-refractivity contribution in [3.63, 3.8) is 0 Å². The molecule has 4 N–H and O–H groups in total. The summed E-state index contributed by atoms with van der Waals surface area (Å²) in [5.74, 6) is -2.80. The molecule has 0 radical (unpaired) electrons. The number of nitrogens with one attached hydrogen (secondary N) is 2. The molecule has 2 amide bonds. The number of amides is 2. The predicted octanol–water partition coefficient (Wildman–Crippen LogP) is 5.38. The van der Waals surface area contributed by atoms with Gasteiger partial charge in [0.2, 0.25) is 5.91 Å². The lowest BCUT2D eigenvalue weighted by Crippen LogP contribution is -2.49. The van der Waals surface area contributed by atoms with Crippen molar-refractivity contribution in [2.24, 2.45) is 5.92 Å². The smallest absolute Gasteiger partial charge is 0.407 e. The van der Waals surface area contributed by atoms with Gasteiger partial charge in [-0.25, -0.2) is 13.6 Å². The van der Waals surface area contributed by atoms with Gasteiger partial charge in [0.05, 0.1) is 18.2 Å². The number of aliphatic hydroxyl groups is 2. The van der Waals surface area contributed by atoms with Crippen LogP contribution in [0.1, 0.15) is 49.9 Å². The van der Waals surface area contributed by atoms with Gasteiger partial charge >= 0.3 is 6.09 Å². The third-order valence-corrected chi connectivity index (χ3v) is 7.80. The number of carbonyl (C=O) groups excluding carboxylic acids is 2. The minimum atomic E-state index is -1.27. The molecule has 1 aliphatic rings. The average Bonchev–Trinajstić information content (AvgIpc) is 2.95. The van der Waals surface area contributed by atoms with Crippen molar-refractivity contribution in [2.75, 3.05) is 6.61 Å². The van der Waals surface area contributed by atoms with Crippen molar-refractivity contribution in [1.82, 2.24) is 10.6 Å². The SMILES string of the molecule is CC(C)(C)OC(=O)N[C@@H](Cc1ccc(Br)cc1)[C@@H](O)C[C@@H](Cc1ccccc1F)C(=O)N[C@H]1c2cccc(F)c2OC[C@H]1O. The molecule has 1 heterocycles. The third kappa shape index (κ3) is 8.99. The van der Waals surface area contributed by atoms with Crippen LogP contribution in [0, 0.1) is 17.6 Å². The largest absolute Gasteiger partial charge is 0.487 e. The highest BCUT2D eigenvalue weighted by atomic mass is 79.9. The van der Waals surface area contributed by atoms with Crippen molar-refractivity contribution >= 4 is 27.9 Å². The van der Waals surface area contributed by atoms with Crippen LogP contribution in [0.5, 0.6) is 5.75 Å². The number of aliphatic hydroxyl groups excluding tert-OH is 2. The van der Waals surface area contributed by atoms with E-state index in [2.05, 4.69) is 26.6 Å². The lowest BCUT2D eigenvalue weighted by atomic mass is 9.87. The molecule has 0 unspecified atom stereocenters. The van der Waals surface area contributed by atoms with Gasteiger partial charge in [0.25, 0.3) is 0 Å². The number of hydrogen-bond acceptors (Lipinski definition) is 6. The first kappa shape index (κ1) is 33.4. The highest BCUT2D eigenvalue weighted by Gasteiger charge is 2.36. The molecule has 44 heavy (non-hydrogen) atoms. The lowest BCUT2D eigenvalue weighted by Gasteiger charge is -2.33. The van der Waals surface area contributed by atoms with E-state index in [4.69, 9.17) is 9.47 Å². The fraction of sp³-hybridized carbons (Fsp3) is 0.394. The van der Waals surface area contributed by atoms with Crippen LogP contribution >= 0.6 is 15.9 Å². The Balaban J connectivity index is 1.61. The maximum atomic E-state index is 14.8. The number of ether oxygens (including phenoxy) is 2. The van der Waals surface area contributed by atoms with E-state index in [9.17, 15) is 28.6 Å². The van der Waals surface area contributed by atoms with Gasteiger partial charge in [-0.3, -0.25) is 4.79 Å². The van der Waals surface area contributed by atoms with E-state index < -0.39 is 59.4 Å². The lowest BCUT2D eigenvalue weighted by molar-refractivity contribution is -0.128. The zero-order chi connectivity index (χ0) is 32.0. The van der Waals surface area contributed by atoms with Crippen molar-refractivity contribution in [3.8, 4) is 5.75 Å². The van der Waals surface area contributed by atoms with E-state index in [0.717, 1.165) is 10.0 Å². The number of para-hydroxylation sites is 1. The van der Waals surface area contributed by atoms with Gasteiger partial charge < -0.3 is 30.3 Å². The predicted molar refractivity (Wildman–Crippen MR) is 164 cm³/mol. The highest BCUT2D eigenvalue weighted by Crippen LogP contribution is 2.35. The van der Waals surface area contributed by atoms with E-state index in [-0.39, 0.29) is 42.7 Å². The first-order chi connectivity index (χ1) is 20.8. The van der Waals surface area contributed by atoms with Crippen LogP contribution in [0.2, 0.25) is 0 Å². The number of benzene rings is 3. The number of alkyl carbamates (subject to hydrolysis) is 1. The quantitative estimate of drug-likeness (QED) is 0.229. The zero-order valence-corrected chi connectivity index (χ0v) is 26.3. The number of hydrogen-bond donors (Lipinski definition) is 4. The highest BCUT2D eigenvalue weighted by molar-refractivity contribution is 9.10. The second-order valence-corrected chi connectivity index (χ2v) is 12.8. The third-order valence-electron chi connectivity index (χ3n) is 7.27. The van der Waals surface area contributed by atoms with Crippen LogP contribution in [0.15, 0.2) is 71.2 Å². The monoisotopic (exact) mass is 674 g/mol. The molecule has 0 spiro atoms. The van der Waals surface area contributed by atoms with Gasteiger partial charge in [-0.15, -0.1) is 0 Å². The van der Waals surface area contributed by atoms with Crippen LogP contribution in [-0.4, -0.2) is 52.7 Å². The van der Waals surface area contributed by atoms with E-state index in [1.54, 1.807) is 39.0 Å². The van der Waals surface area contributed by atoms with Crippen LogP contribution in [0.25, 0.3) is 0 Å². The fourth-order valence-corrected chi connectivity index (χ4v) is 5.39. The van der Waals surface area contributed by atoms with E-state index in [1.807, 2.05) is 24.3 Å². The van der Waals surface area contributed by atoms with Gasteiger partial charge in [0, 0.05) is 16.0 Å². The molecule has 8 nitrogen and oxygen atoms in total. The molecule has 0 fully saturated rings. The number of halogens is 3. The molecule has 11 heteroatoms. The molecule has 0 saturated carbocycles. The molecule has 4 rings (SSSR count). The van der Waals surface area contributed by atoms with Crippen molar-refractivity contribution in [1.29, 1.82) is 0 Å². The Morgan fingerprint density at radius 2 is 1.70 bits per heavy atom.